The summed E-state index contributed by atoms with van der Waals surface area (Å²) in [4.78, 5) is 27.0. The lowest BCUT2D eigenvalue weighted by atomic mass is 9.95. The number of hydrogen-bond donors (Lipinski definition) is 1. The molecule has 1 aromatic heterocycles. The number of ketones is 1. The van der Waals surface area contributed by atoms with E-state index >= 15 is 0 Å². The molecule has 2 heterocycles. The van der Waals surface area contributed by atoms with Crippen LogP contribution in [-0.4, -0.2) is 49.1 Å². The van der Waals surface area contributed by atoms with Crippen LogP contribution in [0.25, 0.3) is 5.76 Å². The number of nitrogens with zero attached hydrogens (tertiary/aromatic N) is 1. The van der Waals surface area contributed by atoms with Crippen LogP contribution >= 0.6 is 0 Å². The van der Waals surface area contributed by atoms with Crippen LogP contribution in [0.5, 0.6) is 5.75 Å². The Morgan fingerprint density at radius 2 is 1.86 bits per heavy atom. The first kappa shape index (κ1) is 20.7. The van der Waals surface area contributed by atoms with E-state index in [4.69, 9.17) is 13.9 Å². The van der Waals surface area contributed by atoms with Gasteiger partial charge in [-0.1, -0.05) is 0 Å². The number of methoxy groups -OCH3 is 2. The standard InChI is InChI=1S/C22H25NO6/c1-12-11-17(28-5)13(2)10-15(12)20(24)18-19(16-7-6-14(3)29-16)23(8-9-27-4)22(26)21(18)25/h6-7,10-11,19,24H,8-9H2,1-5H3/b20-18+. The Labute approximate surface area is 169 Å². The monoisotopic (exact) mass is 399 g/mol. The van der Waals surface area contributed by atoms with Crippen molar-refractivity contribution in [2.75, 3.05) is 27.4 Å². The predicted molar refractivity (Wildman–Crippen MR) is 107 cm³/mol. The van der Waals surface area contributed by atoms with Crippen molar-refractivity contribution < 1.29 is 28.6 Å². The molecule has 29 heavy (non-hydrogen) atoms. The fourth-order valence-electron chi connectivity index (χ4n) is 3.61. The fourth-order valence-corrected chi connectivity index (χ4v) is 3.61. The number of carbonyl (C=O) groups is 2. The second kappa shape index (κ2) is 8.13. The normalized spacial score (nSPS) is 18.5. The Hall–Kier alpha value is -3.06. The molecule has 2 aromatic rings. The molecule has 0 spiro atoms. The Balaban J connectivity index is 2.19. The first-order chi connectivity index (χ1) is 13.8. The van der Waals surface area contributed by atoms with Gasteiger partial charge in [-0.25, -0.2) is 0 Å². The van der Waals surface area contributed by atoms with Gasteiger partial charge in [0.05, 0.1) is 19.3 Å². The largest absolute Gasteiger partial charge is 0.507 e. The van der Waals surface area contributed by atoms with Crippen LogP contribution in [0.1, 0.15) is 34.3 Å². The molecule has 1 saturated heterocycles. The average Bonchev–Trinajstić information content (AvgIpc) is 3.22. The van der Waals surface area contributed by atoms with Crippen molar-refractivity contribution >= 4 is 17.4 Å². The van der Waals surface area contributed by atoms with Gasteiger partial charge in [0.15, 0.2) is 0 Å². The molecule has 7 nitrogen and oxygen atoms in total. The summed E-state index contributed by atoms with van der Waals surface area (Å²) < 4.78 is 16.1. The molecule has 0 aliphatic carbocycles. The molecular formula is C22H25NO6. The third-order valence-electron chi connectivity index (χ3n) is 5.10. The molecule has 0 saturated carbocycles. The summed E-state index contributed by atoms with van der Waals surface area (Å²) in [6.07, 6.45) is 0. The lowest BCUT2D eigenvalue weighted by Crippen LogP contribution is -2.32. The molecule has 0 bridgehead atoms. The van der Waals surface area contributed by atoms with E-state index in [0.29, 0.717) is 22.8 Å². The number of hydrogen-bond acceptors (Lipinski definition) is 6. The molecule has 1 amide bonds. The maximum Gasteiger partial charge on any atom is 0.295 e. The zero-order valence-corrected chi connectivity index (χ0v) is 17.2. The highest BCUT2D eigenvalue weighted by Gasteiger charge is 2.47. The zero-order valence-electron chi connectivity index (χ0n) is 17.2. The molecule has 1 N–H and O–H groups in total. The summed E-state index contributed by atoms with van der Waals surface area (Å²) in [6, 6.07) is 6.19. The van der Waals surface area contributed by atoms with Gasteiger partial charge in [0.25, 0.3) is 11.7 Å². The third kappa shape index (κ3) is 3.65. The van der Waals surface area contributed by atoms with Gasteiger partial charge in [-0.2, -0.15) is 0 Å². The number of ether oxygens (including phenoxy) is 2. The highest BCUT2D eigenvalue weighted by molar-refractivity contribution is 6.46. The van der Waals surface area contributed by atoms with E-state index in [1.807, 2.05) is 13.8 Å². The van der Waals surface area contributed by atoms with E-state index in [0.717, 1.165) is 11.1 Å². The van der Waals surface area contributed by atoms with Gasteiger partial charge in [0, 0.05) is 19.2 Å². The number of aliphatic hydroxyl groups is 1. The average molecular weight is 399 g/mol. The molecule has 1 atom stereocenters. The summed E-state index contributed by atoms with van der Waals surface area (Å²) in [5, 5.41) is 11.1. The zero-order chi connectivity index (χ0) is 21.3. The molecule has 1 unspecified atom stereocenters. The summed E-state index contributed by atoms with van der Waals surface area (Å²) in [6.45, 7) is 5.89. The Morgan fingerprint density at radius 1 is 1.14 bits per heavy atom. The minimum Gasteiger partial charge on any atom is -0.507 e. The van der Waals surface area contributed by atoms with E-state index in [2.05, 4.69) is 0 Å². The fraction of sp³-hybridized carbons (Fsp3) is 0.364. The summed E-state index contributed by atoms with van der Waals surface area (Å²) in [5.41, 5.74) is 2.01. The SMILES string of the molecule is COCCN1C(=O)C(=O)/C(=C(/O)c2cc(C)c(OC)cc2C)C1c1ccc(C)o1. The maximum absolute atomic E-state index is 12.9. The summed E-state index contributed by atoms with van der Waals surface area (Å²) in [7, 11) is 3.09. The molecule has 7 heteroatoms. The molecular weight excluding hydrogens is 374 g/mol. The number of amides is 1. The third-order valence-corrected chi connectivity index (χ3v) is 5.10. The number of likely N-dealkylation sites (tertiary alicyclic amines) is 1. The molecule has 0 radical (unpaired) electrons. The lowest BCUT2D eigenvalue weighted by molar-refractivity contribution is -0.140. The van der Waals surface area contributed by atoms with Crippen LogP contribution in [0.15, 0.2) is 34.3 Å². The topological polar surface area (TPSA) is 89.2 Å². The second-order valence-corrected chi connectivity index (χ2v) is 7.07. The van der Waals surface area contributed by atoms with Crippen molar-refractivity contribution in [3.63, 3.8) is 0 Å². The number of carbonyl (C=O) groups excluding carboxylic acids is 2. The Bertz CT molecular complexity index is 987. The van der Waals surface area contributed by atoms with Gasteiger partial charge < -0.3 is 23.9 Å². The van der Waals surface area contributed by atoms with E-state index in [-0.39, 0.29) is 24.5 Å². The minimum absolute atomic E-state index is 0.00752. The van der Waals surface area contributed by atoms with Gasteiger partial charge >= 0.3 is 0 Å². The van der Waals surface area contributed by atoms with E-state index in [1.165, 1.54) is 12.0 Å². The summed E-state index contributed by atoms with van der Waals surface area (Å²) in [5.74, 6) is 0.0792. The molecule has 1 aliphatic rings. The Morgan fingerprint density at radius 3 is 2.45 bits per heavy atom. The minimum atomic E-state index is -0.819. The van der Waals surface area contributed by atoms with Crippen molar-refractivity contribution in [2.24, 2.45) is 0 Å². The maximum atomic E-state index is 12.9. The van der Waals surface area contributed by atoms with E-state index < -0.39 is 17.7 Å². The molecule has 3 rings (SSSR count). The van der Waals surface area contributed by atoms with E-state index in [1.54, 1.807) is 38.3 Å². The van der Waals surface area contributed by atoms with Crippen molar-refractivity contribution in [1.82, 2.24) is 4.90 Å². The first-order valence-corrected chi connectivity index (χ1v) is 9.29. The number of Topliss-reactive ketones (excluding diaryl/α,β-unsaturated/α-hetero) is 1. The van der Waals surface area contributed by atoms with Crippen LogP contribution in [0.2, 0.25) is 0 Å². The van der Waals surface area contributed by atoms with Crippen LogP contribution < -0.4 is 4.74 Å². The first-order valence-electron chi connectivity index (χ1n) is 9.29. The number of furan rings is 1. The summed E-state index contributed by atoms with van der Waals surface area (Å²) >= 11 is 0. The van der Waals surface area contributed by atoms with Crippen LogP contribution in [0, 0.1) is 20.8 Å². The number of aliphatic hydroxyl groups excluding tert-OH is 1. The van der Waals surface area contributed by atoms with Gasteiger partial charge in [-0.3, -0.25) is 9.59 Å². The van der Waals surface area contributed by atoms with Crippen molar-refractivity contribution in [1.29, 1.82) is 0 Å². The number of aryl methyl sites for hydroxylation is 3. The second-order valence-electron chi connectivity index (χ2n) is 7.07. The quantitative estimate of drug-likeness (QED) is 0.456. The van der Waals surface area contributed by atoms with Crippen molar-refractivity contribution in [2.45, 2.75) is 26.8 Å². The lowest BCUT2D eigenvalue weighted by Gasteiger charge is -2.23. The van der Waals surface area contributed by atoms with Crippen LogP contribution in [-0.2, 0) is 14.3 Å². The highest BCUT2D eigenvalue weighted by atomic mass is 16.5. The van der Waals surface area contributed by atoms with Crippen molar-refractivity contribution in [3.05, 3.63) is 58.0 Å². The number of benzene rings is 1. The van der Waals surface area contributed by atoms with E-state index in [9.17, 15) is 14.7 Å². The van der Waals surface area contributed by atoms with Gasteiger partial charge in [0.2, 0.25) is 0 Å². The van der Waals surface area contributed by atoms with Gasteiger partial charge in [0.1, 0.15) is 29.1 Å². The smallest absolute Gasteiger partial charge is 0.295 e. The Kier molecular flexibility index (Phi) is 5.79. The molecule has 1 aromatic carbocycles. The van der Waals surface area contributed by atoms with Gasteiger partial charge in [-0.05, 0) is 56.2 Å². The van der Waals surface area contributed by atoms with Crippen LogP contribution in [0.3, 0.4) is 0 Å². The molecule has 1 fully saturated rings. The highest BCUT2D eigenvalue weighted by Crippen LogP contribution is 2.40. The molecule has 1 aliphatic heterocycles. The number of rotatable bonds is 6. The predicted octanol–water partition coefficient (Wildman–Crippen LogP) is 3.28. The van der Waals surface area contributed by atoms with Gasteiger partial charge in [-0.15, -0.1) is 0 Å². The van der Waals surface area contributed by atoms with Crippen LogP contribution in [0.4, 0.5) is 0 Å². The van der Waals surface area contributed by atoms with Crippen molar-refractivity contribution in [3.8, 4) is 5.75 Å². The molecule has 154 valence electrons.